The van der Waals surface area contributed by atoms with Gasteiger partial charge in [0.1, 0.15) is 17.5 Å². The van der Waals surface area contributed by atoms with E-state index in [1.165, 1.54) is 6.20 Å². The Kier molecular flexibility index (Phi) is 3.31. The predicted molar refractivity (Wildman–Crippen MR) is 67.4 cm³/mol. The van der Waals surface area contributed by atoms with Crippen LogP contribution in [0.4, 0.5) is 5.82 Å². The molecule has 0 bridgehead atoms. The van der Waals surface area contributed by atoms with Crippen molar-refractivity contribution < 1.29 is 4.79 Å². The van der Waals surface area contributed by atoms with Crippen LogP contribution in [0.5, 0.6) is 0 Å². The molecule has 5 nitrogen and oxygen atoms in total. The number of anilines is 1. The van der Waals surface area contributed by atoms with E-state index in [0.717, 1.165) is 5.56 Å². The molecule has 0 radical (unpaired) electrons. The highest BCUT2D eigenvalue weighted by Gasteiger charge is 2.13. The maximum absolute atomic E-state index is 12.0. The van der Waals surface area contributed by atoms with Gasteiger partial charge in [0.15, 0.2) is 0 Å². The lowest BCUT2D eigenvalue weighted by molar-refractivity contribution is 0.102. The molecule has 0 atom stereocenters. The minimum absolute atomic E-state index is 0.280. The first kappa shape index (κ1) is 12.1. The van der Waals surface area contributed by atoms with Gasteiger partial charge in [0.25, 0.3) is 5.91 Å². The third-order valence-electron chi connectivity index (χ3n) is 2.44. The number of nitriles is 1. The molecule has 2 rings (SSSR count). The fourth-order valence-electron chi connectivity index (χ4n) is 1.49. The molecule has 0 saturated heterocycles. The van der Waals surface area contributed by atoms with Crippen molar-refractivity contribution in [2.75, 3.05) is 5.32 Å². The van der Waals surface area contributed by atoms with Crippen LogP contribution in [0.2, 0.25) is 5.02 Å². The van der Waals surface area contributed by atoms with Crippen molar-refractivity contribution in [3.8, 4) is 6.07 Å². The topological polar surface area (TPSA) is 81.6 Å². The molecule has 2 N–H and O–H groups in total. The number of hydrogen-bond acceptors (Lipinski definition) is 3. The second kappa shape index (κ2) is 4.90. The third kappa shape index (κ3) is 2.34. The van der Waals surface area contributed by atoms with Crippen molar-refractivity contribution in [1.82, 2.24) is 10.2 Å². The number of carbonyl (C=O) groups is 1. The Morgan fingerprint density at radius 1 is 1.56 bits per heavy atom. The Balaban J connectivity index is 2.28. The van der Waals surface area contributed by atoms with Crippen molar-refractivity contribution in [2.45, 2.75) is 6.92 Å². The lowest BCUT2D eigenvalue weighted by Crippen LogP contribution is -2.14. The highest BCUT2D eigenvalue weighted by Crippen LogP contribution is 2.17. The summed E-state index contributed by atoms with van der Waals surface area (Å²) < 4.78 is 0. The molecule has 2 aromatic rings. The summed E-state index contributed by atoms with van der Waals surface area (Å²) in [5, 5.41) is 18.1. The van der Waals surface area contributed by atoms with Gasteiger partial charge in [-0.25, -0.2) is 0 Å². The number of nitrogens with zero attached hydrogens (tertiary/aromatic N) is 2. The lowest BCUT2D eigenvalue weighted by Gasteiger charge is -2.06. The monoisotopic (exact) mass is 260 g/mol. The Labute approximate surface area is 108 Å². The Morgan fingerprint density at radius 2 is 2.33 bits per heavy atom. The summed E-state index contributed by atoms with van der Waals surface area (Å²) in [4.78, 5) is 12.0. The minimum Gasteiger partial charge on any atom is -0.306 e. The van der Waals surface area contributed by atoms with Crippen molar-refractivity contribution in [3.63, 3.8) is 0 Å². The molecule has 1 aromatic heterocycles. The zero-order chi connectivity index (χ0) is 13.1. The normalized spacial score (nSPS) is 9.83. The van der Waals surface area contributed by atoms with E-state index in [4.69, 9.17) is 16.9 Å². The van der Waals surface area contributed by atoms with Crippen molar-refractivity contribution in [3.05, 3.63) is 46.1 Å². The van der Waals surface area contributed by atoms with E-state index in [1.54, 1.807) is 18.2 Å². The van der Waals surface area contributed by atoms with Gasteiger partial charge in [-0.3, -0.25) is 9.89 Å². The number of halogens is 1. The standard InChI is InChI=1S/C12H9ClN4O/c1-7-2-3-9(13)4-10(7)12(18)16-11-8(5-14)6-15-17-11/h2-4,6H,1H3,(H2,15,16,17,18). The number of H-pyrrole nitrogens is 1. The molecule has 0 unspecified atom stereocenters. The second-order valence-electron chi connectivity index (χ2n) is 3.68. The molecular formula is C12H9ClN4O. The first-order chi connectivity index (χ1) is 8.61. The molecule has 0 spiro atoms. The smallest absolute Gasteiger partial charge is 0.257 e. The number of hydrogen-bond donors (Lipinski definition) is 2. The van der Waals surface area contributed by atoms with E-state index in [1.807, 2.05) is 13.0 Å². The maximum Gasteiger partial charge on any atom is 0.257 e. The largest absolute Gasteiger partial charge is 0.306 e. The molecule has 6 heteroatoms. The van der Waals surface area contributed by atoms with Gasteiger partial charge in [0, 0.05) is 10.6 Å². The zero-order valence-corrected chi connectivity index (χ0v) is 10.2. The fraction of sp³-hybridized carbons (Fsp3) is 0.0833. The molecule has 1 aromatic carbocycles. The Bertz CT molecular complexity index is 642. The summed E-state index contributed by atoms with van der Waals surface area (Å²) in [6, 6.07) is 6.97. The van der Waals surface area contributed by atoms with E-state index in [0.29, 0.717) is 10.6 Å². The molecule has 0 fully saturated rings. The lowest BCUT2D eigenvalue weighted by atomic mass is 10.1. The highest BCUT2D eigenvalue weighted by atomic mass is 35.5. The van der Waals surface area contributed by atoms with Gasteiger partial charge in [0.2, 0.25) is 0 Å². The zero-order valence-electron chi connectivity index (χ0n) is 9.49. The number of rotatable bonds is 2. The number of aromatic amines is 1. The van der Waals surface area contributed by atoms with Crippen LogP contribution in [0.1, 0.15) is 21.5 Å². The average molecular weight is 261 g/mol. The van der Waals surface area contributed by atoms with Crippen molar-refractivity contribution in [2.24, 2.45) is 0 Å². The van der Waals surface area contributed by atoms with Crippen LogP contribution in [0.3, 0.4) is 0 Å². The molecule has 0 saturated carbocycles. The predicted octanol–water partition coefficient (Wildman–Crippen LogP) is 2.50. The number of carbonyl (C=O) groups excluding carboxylic acids is 1. The van der Waals surface area contributed by atoms with Crippen LogP contribution < -0.4 is 5.32 Å². The van der Waals surface area contributed by atoms with Crippen LogP contribution in [-0.2, 0) is 0 Å². The van der Waals surface area contributed by atoms with Gasteiger partial charge in [-0.05, 0) is 24.6 Å². The summed E-state index contributed by atoms with van der Waals surface area (Å²) in [5.74, 6) is -0.0578. The third-order valence-corrected chi connectivity index (χ3v) is 2.68. The van der Waals surface area contributed by atoms with Crippen molar-refractivity contribution in [1.29, 1.82) is 5.26 Å². The average Bonchev–Trinajstić information content (AvgIpc) is 2.79. The van der Waals surface area contributed by atoms with Gasteiger partial charge in [-0.2, -0.15) is 10.4 Å². The molecule has 1 amide bonds. The van der Waals surface area contributed by atoms with Crippen LogP contribution >= 0.6 is 11.6 Å². The van der Waals surface area contributed by atoms with E-state index in [2.05, 4.69) is 15.5 Å². The number of nitrogens with one attached hydrogen (secondary N) is 2. The van der Waals surface area contributed by atoms with Gasteiger partial charge in [-0.1, -0.05) is 17.7 Å². The quantitative estimate of drug-likeness (QED) is 0.870. The van der Waals surface area contributed by atoms with E-state index in [-0.39, 0.29) is 17.3 Å². The van der Waals surface area contributed by atoms with Gasteiger partial charge in [-0.15, -0.1) is 0 Å². The van der Waals surface area contributed by atoms with E-state index in [9.17, 15) is 4.79 Å². The van der Waals surface area contributed by atoms with Gasteiger partial charge in [0.05, 0.1) is 6.20 Å². The number of amides is 1. The summed E-state index contributed by atoms with van der Waals surface area (Å²) in [5.41, 5.74) is 1.54. The first-order valence-corrected chi connectivity index (χ1v) is 5.50. The van der Waals surface area contributed by atoms with Crippen LogP contribution in [0.25, 0.3) is 0 Å². The van der Waals surface area contributed by atoms with E-state index >= 15 is 0 Å². The SMILES string of the molecule is Cc1ccc(Cl)cc1C(=O)Nc1[nH]ncc1C#N. The molecular weight excluding hydrogens is 252 g/mol. The number of aromatic nitrogens is 2. The molecule has 0 aliphatic carbocycles. The van der Waals surface area contributed by atoms with Crippen LogP contribution in [0.15, 0.2) is 24.4 Å². The summed E-state index contributed by atoms with van der Waals surface area (Å²) in [6.07, 6.45) is 1.35. The Morgan fingerprint density at radius 3 is 3.06 bits per heavy atom. The molecule has 1 heterocycles. The van der Waals surface area contributed by atoms with E-state index < -0.39 is 0 Å². The minimum atomic E-state index is -0.337. The highest BCUT2D eigenvalue weighted by molar-refractivity contribution is 6.31. The molecule has 0 aliphatic rings. The molecule has 90 valence electrons. The fourth-order valence-corrected chi connectivity index (χ4v) is 1.66. The second-order valence-corrected chi connectivity index (χ2v) is 4.12. The molecule has 18 heavy (non-hydrogen) atoms. The van der Waals surface area contributed by atoms with Crippen LogP contribution in [-0.4, -0.2) is 16.1 Å². The molecule has 0 aliphatic heterocycles. The summed E-state index contributed by atoms with van der Waals surface area (Å²) >= 11 is 5.85. The van der Waals surface area contributed by atoms with Crippen LogP contribution in [0, 0.1) is 18.3 Å². The van der Waals surface area contributed by atoms with Gasteiger partial charge >= 0.3 is 0 Å². The van der Waals surface area contributed by atoms with Crippen molar-refractivity contribution >= 4 is 23.3 Å². The Hall–Kier alpha value is -2.32. The summed E-state index contributed by atoms with van der Waals surface area (Å²) in [6.45, 7) is 1.81. The number of benzene rings is 1. The van der Waals surface area contributed by atoms with Gasteiger partial charge < -0.3 is 5.32 Å². The maximum atomic E-state index is 12.0. The summed E-state index contributed by atoms with van der Waals surface area (Å²) in [7, 11) is 0. The number of aryl methyl sites for hydroxylation is 1. The first-order valence-electron chi connectivity index (χ1n) is 5.13.